The highest BCUT2D eigenvalue weighted by Crippen LogP contribution is 2.39. The van der Waals surface area contributed by atoms with Crippen LogP contribution in [0.1, 0.15) is 15.9 Å². The number of rotatable bonds is 7. The highest BCUT2D eigenvalue weighted by molar-refractivity contribution is 6.14. The Morgan fingerprint density at radius 1 is 1.07 bits per heavy atom. The fourth-order valence-corrected chi connectivity index (χ4v) is 2.75. The van der Waals surface area contributed by atoms with Gasteiger partial charge in [0.25, 0.3) is 5.91 Å². The molecule has 0 radical (unpaired) electrons. The molecule has 1 aliphatic heterocycles. The first kappa shape index (κ1) is 19.1. The number of hydrogen-bond donors (Lipinski definition) is 1. The van der Waals surface area contributed by atoms with Gasteiger partial charge in [-0.2, -0.15) is 0 Å². The second kappa shape index (κ2) is 7.91. The summed E-state index contributed by atoms with van der Waals surface area (Å²) >= 11 is 0. The smallest absolute Gasteiger partial charge is 0.255 e. The minimum atomic E-state index is -0.600. The number of amides is 1. The predicted octanol–water partition coefficient (Wildman–Crippen LogP) is 2.19. The zero-order valence-corrected chi connectivity index (χ0v) is 15.6. The lowest BCUT2D eigenvalue weighted by molar-refractivity contribution is -0.119. The Bertz CT molecular complexity index is 965. The summed E-state index contributed by atoms with van der Waals surface area (Å²) in [5.41, 5.74) is 6.00. The van der Waals surface area contributed by atoms with E-state index in [0.29, 0.717) is 39.9 Å². The minimum absolute atomic E-state index is 0.107. The molecule has 1 heterocycles. The van der Waals surface area contributed by atoms with Crippen molar-refractivity contribution >= 4 is 17.8 Å². The van der Waals surface area contributed by atoms with Crippen molar-refractivity contribution in [3.8, 4) is 28.7 Å². The molecule has 1 aliphatic rings. The Morgan fingerprint density at radius 3 is 2.50 bits per heavy atom. The molecule has 8 heteroatoms. The summed E-state index contributed by atoms with van der Waals surface area (Å²) in [6.45, 7) is -0.268. The van der Waals surface area contributed by atoms with Gasteiger partial charge in [0.05, 0.1) is 26.9 Å². The first-order valence-electron chi connectivity index (χ1n) is 8.26. The average Bonchev–Trinajstić information content (AvgIpc) is 3.00. The molecule has 3 rings (SSSR count). The van der Waals surface area contributed by atoms with Crippen LogP contribution >= 0.6 is 0 Å². The van der Waals surface area contributed by atoms with Gasteiger partial charge in [0.1, 0.15) is 17.2 Å². The Kier molecular flexibility index (Phi) is 5.39. The summed E-state index contributed by atoms with van der Waals surface area (Å²) in [5.74, 6) is 1.34. The second-order valence-electron chi connectivity index (χ2n) is 5.80. The van der Waals surface area contributed by atoms with Crippen LogP contribution < -0.4 is 29.4 Å². The van der Waals surface area contributed by atoms with E-state index in [2.05, 4.69) is 0 Å². The van der Waals surface area contributed by atoms with Crippen molar-refractivity contribution in [2.45, 2.75) is 0 Å². The summed E-state index contributed by atoms with van der Waals surface area (Å²) in [5, 5.41) is 0. The number of benzene rings is 2. The number of carbonyl (C=O) groups is 2. The topological polar surface area (TPSA) is 106 Å². The van der Waals surface area contributed by atoms with Crippen molar-refractivity contribution in [1.82, 2.24) is 0 Å². The van der Waals surface area contributed by atoms with E-state index in [9.17, 15) is 9.59 Å². The molecule has 0 aromatic heterocycles. The summed E-state index contributed by atoms with van der Waals surface area (Å²) in [6.07, 6.45) is 1.55. The van der Waals surface area contributed by atoms with Crippen LogP contribution in [-0.2, 0) is 4.79 Å². The Labute approximate surface area is 161 Å². The summed E-state index contributed by atoms with van der Waals surface area (Å²) in [6, 6.07) is 8.05. The third-order valence-corrected chi connectivity index (χ3v) is 4.03. The molecule has 146 valence electrons. The number of ketones is 1. The van der Waals surface area contributed by atoms with Gasteiger partial charge in [0, 0.05) is 17.7 Å². The van der Waals surface area contributed by atoms with E-state index in [1.807, 2.05) is 0 Å². The van der Waals surface area contributed by atoms with Gasteiger partial charge in [-0.3, -0.25) is 9.59 Å². The molecule has 0 atom stereocenters. The number of fused-ring (bicyclic) bond motifs is 1. The number of methoxy groups -OCH3 is 3. The van der Waals surface area contributed by atoms with Crippen molar-refractivity contribution < 1.29 is 33.3 Å². The highest BCUT2D eigenvalue weighted by Gasteiger charge is 2.28. The Balaban J connectivity index is 1.95. The number of nitrogens with two attached hydrogens (primary N) is 1. The van der Waals surface area contributed by atoms with E-state index in [1.165, 1.54) is 27.4 Å². The molecule has 0 saturated carbocycles. The van der Waals surface area contributed by atoms with E-state index < -0.39 is 5.91 Å². The Hall–Kier alpha value is -3.68. The first-order chi connectivity index (χ1) is 13.5. The maximum atomic E-state index is 12.7. The van der Waals surface area contributed by atoms with E-state index in [1.54, 1.807) is 30.3 Å². The highest BCUT2D eigenvalue weighted by atomic mass is 16.5. The van der Waals surface area contributed by atoms with E-state index in [0.717, 1.165) is 0 Å². The Morgan fingerprint density at radius 2 is 1.86 bits per heavy atom. The van der Waals surface area contributed by atoms with Gasteiger partial charge in [-0.05, 0) is 24.3 Å². The van der Waals surface area contributed by atoms with Crippen LogP contribution in [0.5, 0.6) is 28.7 Å². The molecule has 0 saturated heterocycles. The quantitative estimate of drug-likeness (QED) is 0.728. The van der Waals surface area contributed by atoms with Crippen LogP contribution in [0.3, 0.4) is 0 Å². The molecule has 0 fully saturated rings. The van der Waals surface area contributed by atoms with Gasteiger partial charge in [0.2, 0.25) is 5.78 Å². The molecule has 28 heavy (non-hydrogen) atoms. The number of primary amides is 1. The molecule has 0 unspecified atom stereocenters. The molecule has 0 spiro atoms. The number of hydrogen-bond acceptors (Lipinski definition) is 7. The third-order valence-electron chi connectivity index (χ3n) is 4.03. The molecule has 2 aromatic rings. The van der Waals surface area contributed by atoms with E-state index in [-0.39, 0.29) is 18.1 Å². The molecule has 1 amide bonds. The summed E-state index contributed by atoms with van der Waals surface area (Å²) < 4.78 is 26.9. The SMILES string of the molecule is COc1cc(C=C2Oc3cc(OCC(N)=O)ccc3C2=O)c(OC)c(OC)c1. The van der Waals surface area contributed by atoms with Gasteiger partial charge in [-0.15, -0.1) is 0 Å². The number of Topliss-reactive ketones (excluding diaryl/α,β-unsaturated/α-hetero) is 1. The monoisotopic (exact) mass is 385 g/mol. The lowest BCUT2D eigenvalue weighted by atomic mass is 10.1. The molecule has 8 nitrogen and oxygen atoms in total. The molecule has 0 bridgehead atoms. The zero-order valence-electron chi connectivity index (χ0n) is 15.6. The largest absolute Gasteiger partial charge is 0.497 e. The van der Waals surface area contributed by atoms with Crippen molar-refractivity contribution in [3.05, 3.63) is 47.2 Å². The third kappa shape index (κ3) is 3.71. The maximum absolute atomic E-state index is 12.7. The van der Waals surface area contributed by atoms with Crippen molar-refractivity contribution in [2.75, 3.05) is 27.9 Å². The number of carbonyl (C=O) groups excluding carboxylic acids is 2. The fourth-order valence-electron chi connectivity index (χ4n) is 2.75. The van der Waals surface area contributed by atoms with Crippen LogP contribution in [0.4, 0.5) is 0 Å². The molecule has 0 aliphatic carbocycles. The van der Waals surface area contributed by atoms with Crippen LogP contribution in [-0.4, -0.2) is 39.6 Å². The molecule has 2 N–H and O–H groups in total. The van der Waals surface area contributed by atoms with Gasteiger partial charge in [-0.1, -0.05) is 0 Å². The predicted molar refractivity (Wildman–Crippen MR) is 100 cm³/mol. The van der Waals surface area contributed by atoms with Gasteiger partial charge in [-0.25, -0.2) is 0 Å². The fraction of sp³-hybridized carbons (Fsp3) is 0.200. The van der Waals surface area contributed by atoms with Gasteiger partial charge < -0.3 is 29.4 Å². The lowest BCUT2D eigenvalue weighted by Gasteiger charge is -2.13. The maximum Gasteiger partial charge on any atom is 0.255 e. The molecular formula is C20H19NO7. The van der Waals surface area contributed by atoms with Crippen LogP contribution in [0, 0.1) is 0 Å². The van der Waals surface area contributed by atoms with Crippen molar-refractivity contribution in [1.29, 1.82) is 0 Å². The summed E-state index contributed by atoms with van der Waals surface area (Å²) in [4.78, 5) is 23.5. The van der Waals surface area contributed by atoms with Crippen molar-refractivity contribution in [2.24, 2.45) is 5.73 Å². The molecule has 2 aromatic carbocycles. The minimum Gasteiger partial charge on any atom is -0.497 e. The normalized spacial score (nSPS) is 13.7. The average molecular weight is 385 g/mol. The van der Waals surface area contributed by atoms with Crippen LogP contribution in [0.25, 0.3) is 6.08 Å². The number of allylic oxidation sites excluding steroid dienone is 1. The van der Waals surface area contributed by atoms with Gasteiger partial charge >= 0.3 is 0 Å². The van der Waals surface area contributed by atoms with E-state index in [4.69, 9.17) is 29.4 Å². The summed E-state index contributed by atoms with van der Waals surface area (Å²) in [7, 11) is 4.54. The van der Waals surface area contributed by atoms with E-state index >= 15 is 0 Å². The molecular weight excluding hydrogens is 366 g/mol. The van der Waals surface area contributed by atoms with Crippen LogP contribution in [0.15, 0.2) is 36.1 Å². The van der Waals surface area contributed by atoms with Crippen molar-refractivity contribution in [3.63, 3.8) is 0 Å². The van der Waals surface area contributed by atoms with Gasteiger partial charge in [0.15, 0.2) is 23.9 Å². The second-order valence-corrected chi connectivity index (χ2v) is 5.80. The number of ether oxygens (including phenoxy) is 5. The lowest BCUT2D eigenvalue weighted by Crippen LogP contribution is -2.19. The zero-order chi connectivity index (χ0) is 20.3. The standard InChI is InChI=1S/C20H19NO7/c1-24-13-6-11(20(26-3)17(9-13)25-2)7-16-19(23)14-5-4-12(8-15(14)28-16)27-10-18(21)22/h4-9H,10H2,1-3H3,(H2,21,22). The van der Waals surface area contributed by atoms with Crippen LogP contribution in [0.2, 0.25) is 0 Å². The first-order valence-corrected chi connectivity index (χ1v) is 8.26.